The molecule has 172 valence electrons. The van der Waals surface area contributed by atoms with E-state index >= 15 is 0 Å². The van der Waals surface area contributed by atoms with Crippen LogP contribution in [0.5, 0.6) is 0 Å². The van der Waals surface area contributed by atoms with Crippen molar-refractivity contribution in [2.24, 2.45) is 0 Å². The Kier molecular flexibility index (Phi) is 6.80. The van der Waals surface area contributed by atoms with Gasteiger partial charge in [0.2, 0.25) is 5.91 Å². The fraction of sp³-hybridized carbons (Fsp3) is 0.423. The number of benzene rings is 2. The van der Waals surface area contributed by atoms with Crippen molar-refractivity contribution in [2.45, 2.75) is 45.1 Å². The van der Waals surface area contributed by atoms with E-state index in [4.69, 9.17) is 4.74 Å². The normalized spacial score (nSPS) is 16.5. The number of Topliss-reactive ketones (excluding diaryl/α,β-unsaturated/α-hetero) is 1. The van der Waals surface area contributed by atoms with Gasteiger partial charge in [0, 0.05) is 38.0 Å². The summed E-state index contributed by atoms with van der Waals surface area (Å²) < 4.78 is 6.48. The molecule has 5 rings (SSSR count). The summed E-state index contributed by atoms with van der Waals surface area (Å²) in [5.74, 6) is -0.149. The van der Waals surface area contributed by atoms with Crippen molar-refractivity contribution in [3.63, 3.8) is 0 Å². The maximum absolute atomic E-state index is 12.6. The lowest BCUT2D eigenvalue weighted by Crippen LogP contribution is -2.35. The van der Waals surface area contributed by atoms with Gasteiger partial charge in [-0.05, 0) is 60.6 Å². The Morgan fingerprint density at radius 2 is 1.82 bits per heavy atom. The maximum atomic E-state index is 12.6. The van der Waals surface area contributed by atoms with Crippen LogP contribution in [-0.4, -0.2) is 47.9 Å². The van der Waals surface area contributed by atoms with E-state index in [0.29, 0.717) is 5.13 Å². The lowest BCUT2D eigenvalue weighted by Gasteiger charge is -2.26. The number of ketones is 1. The number of fused-ring (bicyclic) bond motifs is 2. The van der Waals surface area contributed by atoms with Gasteiger partial charge >= 0.3 is 0 Å². The van der Waals surface area contributed by atoms with Crippen LogP contribution < -0.4 is 5.32 Å². The van der Waals surface area contributed by atoms with Gasteiger partial charge in [-0.25, -0.2) is 4.98 Å². The van der Waals surface area contributed by atoms with Crippen molar-refractivity contribution in [1.29, 1.82) is 0 Å². The maximum Gasteiger partial charge on any atom is 0.226 e. The smallest absolute Gasteiger partial charge is 0.226 e. The van der Waals surface area contributed by atoms with Crippen LogP contribution in [0.2, 0.25) is 0 Å². The second-order valence-electron chi connectivity index (χ2n) is 8.87. The molecule has 0 radical (unpaired) electrons. The summed E-state index contributed by atoms with van der Waals surface area (Å²) in [6, 6.07) is 12.3. The van der Waals surface area contributed by atoms with Gasteiger partial charge in [0.05, 0.1) is 23.4 Å². The molecular formula is C26H29N3O3S. The minimum Gasteiger partial charge on any atom is -0.379 e. The average molecular weight is 464 g/mol. The molecule has 1 aromatic heterocycles. The molecule has 1 aliphatic carbocycles. The van der Waals surface area contributed by atoms with E-state index in [1.165, 1.54) is 40.9 Å². The predicted octanol–water partition coefficient (Wildman–Crippen LogP) is 4.61. The number of thiazole rings is 1. The number of nitrogens with one attached hydrogen (secondary N) is 1. The Morgan fingerprint density at radius 3 is 2.67 bits per heavy atom. The summed E-state index contributed by atoms with van der Waals surface area (Å²) in [5.41, 5.74) is 5.49. The van der Waals surface area contributed by atoms with Gasteiger partial charge in [0.25, 0.3) is 0 Å². The number of carbonyl (C=O) groups is 2. The molecule has 33 heavy (non-hydrogen) atoms. The summed E-state index contributed by atoms with van der Waals surface area (Å²) in [5, 5.41) is 3.46. The number of carbonyl (C=O) groups excluding carboxylic acids is 2. The van der Waals surface area contributed by atoms with E-state index in [2.05, 4.69) is 33.4 Å². The number of morpholine rings is 1. The topological polar surface area (TPSA) is 71.5 Å². The molecule has 0 spiro atoms. The molecule has 0 saturated carbocycles. The molecule has 3 aromatic rings. The van der Waals surface area contributed by atoms with Gasteiger partial charge in [-0.2, -0.15) is 0 Å². The van der Waals surface area contributed by atoms with Crippen LogP contribution in [-0.2, 0) is 28.9 Å². The van der Waals surface area contributed by atoms with Crippen molar-refractivity contribution >= 4 is 38.4 Å². The van der Waals surface area contributed by atoms with E-state index in [1.54, 1.807) is 0 Å². The third kappa shape index (κ3) is 5.49. The molecule has 2 aliphatic rings. The highest BCUT2D eigenvalue weighted by atomic mass is 32.1. The Labute approximate surface area is 198 Å². The van der Waals surface area contributed by atoms with Gasteiger partial charge in [-0.3, -0.25) is 14.5 Å². The van der Waals surface area contributed by atoms with E-state index in [0.717, 1.165) is 61.5 Å². The van der Waals surface area contributed by atoms with Gasteiger partial charge in [0.1, 0.15) is 0 Å². The first-order chi connectivity index (χ1) is 16.1. The van der Waals surface area contributed by atoms with E-state index in [1.807, 2.05) is 18.2 Å². The Hall–Kier alpha value is -2.61. The van der Waals surface area contributed by atoms with E-state index in [9.17, 15) is 9.59 Å². The highest BCUT2D eigenvalue weighted by molar-refractivity contribution is 7.22. The lowest BCUT2D eigenvalue weighted by molar-refractivity contribution is -0.116. The zero-order valence-electron chi connectivity index (χ0n) is 18.8. The Balaban J connectivity index is 1.16. The second-order valence-corrected chi connectivity index (χ2v) is 9.90. The number of anilines is 1. The third-order valence-corrected chi connectivity index (χ3v) is 7.39. The fourth-order valence-corrected chi connectivity index (χ4v) is 5.54. The lowest BCUT2D eigenvalue weighted by atomic mass is 9.89. The summed E-state index contributed by atoms with van der Waals surface area (Å²) in [6.07, 6.45) is 4.92. The summed E-state index contributed by atoms with van der Waals surface area (Å²) in [7, 11) is 0. The van der Waals surface area contributed by atoms with E-state index in [-0.39, 0.29) is 24.5 Å². The molecule has 0 bridgehead atoms. The van der Waals surface area contributed by atoms with Crippen LogP contribution in [0, 0.1) is 0 Å². The largest absolute Gasteiger partial charge is 0.379 e. The monoisotopic (exact) mass is 463 g/mol. The molecule has 2 aromatic carbocycles. The van der Waals surface area contributed by atoms with Crippen molar-refractivity contribution in [1.82, 2.24) is 9.88 Å². The average Bonchev–Trinajstić information content (AvgIpc) is 3.24. The molecule has 0 unspecified atom stereocenters. The molecule has 0 atom stereocenters. The van der Waals surface area contributed by atoms with E-state index < -0.39 is 0 Å². The molecule has 1 fully saturated rings. The quantitative estimate of drug-likeness (QED) is 0.518. The molecule has 6 nitrogen and oxygen atoms in total. The molecule has 1 amide bonds. The van der Waals surface area contributed by atoms with Crippen LogP contribution in [0.3, 0.4) is 0 Å². The molecule has 7 heteroatoms. The van der Waals surface area contributed by atoms with Crippen molar-refractivity contribution in [2.75, 3.05) is 31.6 Å². The molecule has 1 aliphatic heterocycles. The SMILES string of the molecule is O=C(CCC(=O)c1ccc2c(c1)CCCC2)Nc1nc2ccc(CN3CCOCC3)cc2s1. The second kappa shape index (κ2) is 10.1. The number of aromatic nitrogens is 1. The first-order valence-corrected chi connectivity index (χ1v) is 12.6. The Bertz CT molecular complexity index is 1170. The van der Waals surface area contributed by atoms with Crippen molar-refractivity contribution in [3.8, 4) is 0 Å². The molecular weight excluding hydrogens is 434 g/mol. The number of rotatable bonds is 7. The van der Waals surface area contributed by atoms with Crippen LogP contribution in [0.1, 0.15) is 52.7 Å². The number of ether oxygens (including phenoxy) is 1. The number of aryl methyl sites for hydroxylation is 2. The number of hydrogen-bond acceptors (Lipinski definition) is 6. The van der Waals surface area contributed by atoms with Crippen LogP contribution >= 0.6 is 11.3 Å². The first kappa shape index (κ1) is 22.2. The zero-order chi connectivity index (χ0) is 22.6. The summed E-state index contributed by atoms with van der Waals surface area (Å²) in [6.45, 7) is 4.37. The van der Waals surface area contributed by atoms with Gasteiger partial charge < -0.3 is 10.1 Å². The van der Waals surface area contributed by atoms with Gasteiger partial charge in [-0.15, -0.1) is 0 Å². The minimum absolute atomic E-state index is 0.0237. The number of nitrogens with zero attached hydrogens (tertiary/aromatic N) is 2. The van der Waals surface area contributed by atoms with Crippen molar-refractivity contribution in [3.05, 3.63) is 58.7 Å². The molecule has 1 N–H and O–H groups in total. The zero-order valence-corrected chi connectivity index (χ0v) is 19.6. The number of hydrogen-bond donors (Lipinski definition) is 1. The third-order valence-electron chi connectivity index (χ3n) is 6.46. The van der Waals surface area contributed by atoms with Crippen LogP contribution in [0.4, 0.5) is 5.13 Å². The van der Waals surface area contributed by atoms with Crippen molar-refractivity contribution < 1.29 is 14.3 Å². The molecule has 2 heterocycles. The first-order valence-electron chi connectivity index (χ1n) is 11.8. The van der Waals surface area contributed by atoms with Crippen LogP contribution in [0.15, 0.2) is 36.4 Å². The minimum atomic E-state index is -0.172. The van der Waals surface area contributed by atoms with Crippen LogP contribution in [0.25, 0.3) is 10.2 Å². The predicted molar refractivity (Wildman–Crippen MR) is 131 cm³/mol. The summed E-state index contributed by atoms with van der Waals surface area (Å²) in [4.78, 5) is 32.0. The summed E-state index contributed by atoms with van der Waals surface area (Å²) >= 11 is 1.48. The van der Waals surface area contributed by atoms with Gasteiger partial charge in [-0.1, -0.05) is 29.5 Å². The highest BCUT2D eigenvalue weighted by Gasteiger charge is 2.16. The highest BCUT2D eigenvalue weighted by Crippen LogP contribution is 2.28. The fourth-order valence-electron chi connectivity index (χ4n) is 4.60. The molecule has 1 saturated heterocycles. The standard InChI is InChI=1S/C26H29N3O3S/c30-23(21-7-6-19-3-1-2-4-20(19)16-21)9-10-25(31)28-26-27-22-8-5-18(15-24(22)33-26)17-29-11-13-32-14-12-29/h5-8,15-16H,1-4,9-14,17H2,(H,27,28,31). The number of amides is 1. The van der Waals surface area contributed by atoms with Gasteiger partial charge in [0.15, 0.2) is 10.9 Å². The Morgan fingerprint density at radius 1 is 1.00 bits per heavy atom.